The first-order valence-corrected chi connectivity index (χ1v) is 14.5. The lowest BCUT2D eigenvalue weighted by Crippen LogP contribution is -2.25. The number of rotatable bonds is 5. The summed E-state index contributed by atoms with van der Waals surface area (Å²) in [6.07, 6.45) is 10.2. The molecule has 6 rings (SSSR count). The Hall–Kier alpha value is -4.59. The quantitative estimate of drug-likeness (QED) is 0.210. The Labute approximate surface area is 244 Å². The molecule has 4 N–H and O–H groups in total. The fourth-order valence-electron chi connectivity index (χ4n) is 7.11. The van der Waals surface area contributed by atoms with Crippen LogP contribution in [0.15, 0.2) is 18.0 Å². The van der Waals surface area contributed by atoms with Gasteiger partial charge in [0.05, 0.1) is 18.2 Å². The molecule has 0 unspecified atom stereocenters. The molecular formula is C34H36N4O4. The van der Waals surface area contributed by atoms with Gasteiger partial charge in [-0.3, -0.25) is 14.4 Å². The summed E-state index contributed by atoms with van der Waals surface area (Å²) in [5.74, 6) is -1.70. The molecule has 3 atom stereocenters. The van der Waals surface area contributed by atoms with Crippen molar-refractivity contribution in [3.8, 4) is 0 Å². The molecule has 0 saturated carbocycles. The van der Waals surface area contributed by atoms with E-state index in [1.54, 1.807) is 0 Å². The predicted molar refractivity (Wildman–Crippen MR) is 164 cm³/mol. The average molecular weight is 565 g/mol. The number of aromatic nitrogens is 3. The maximum Gasteiger partial charge on any atom is 0.321 e. The van der Waals surface area contributed by atoms with Crippen LogP contribution in [0.2, 0.25) is 0 Å². The molecule has 1 saturated heterocycles. The summed E-state index contributed by atoms with van der Waals surface area (Å²) in [6.45, 7) is 14.3. The number of carbonyl (C=O) groups is 3. The van der Waals surface area contributed by atoms with Gasteiger partial charge in [-0.2, -0.15) is 0 Å². The number of hydrogen-bond acceptors (Lipinski definition) is 5. The van der Waals surface area contributed by atoms with E-state index in [1.165, 1.54) is 7.11 Å². The number of ketones is 1. The van der Waals surface area contributed by atoms with Crippen LogP contribution in [0.5, 0.6) is 0 Å². The molecule has 42 heavy (non-hydrogen) atoms. The van der Waals surface area contributed by atoms with Crippen LogP contribution in [0.1, 0.15) is 92.9 Å². The van der Waals surface area contributed by atoms with E-state index >= 15 is 0 Å². The van der Waals surface area contributed by atoms with Crippen LogP contribution < -0.4 is 16.0 Å². The van der Waals surface area contributed by atoms with Crippen molar-refractivity contribution in [2.24, 2.45) is 17.8 Å². The van der Waals surface area contributed by atoms with Crippen molar-refractivity contribution in [3.63, 3.8) is 0 Å². The Bertz CT molecular complexity index is 1890. The lowest BCUT2D eigenvalue weighted by Gasteiger charge is -2.18. The van der Waals surface area contributed by atoms with E-state index in [0.717, 1.165) is 68.8 Å². The number of aromatic amines is 3. The number of fused-ring (bicyclic) bond motifs is 7. The van der Waals surface area contributed by atoms with E-state index in [-0.39, 0.29) is 17.6 Å². The van der Waals surface area contributed by atoms with E-state index < -0.39 is 11.9 Å². The van der Waals surface area contributed by atoms with Crippen LogP contribution in [-0.2, 0) is 16.0 Å². The van der Waals surface area contributed by atoms with Crippen LogP contribution in [0, 0.1) is 31.6 Å². The van der Waals surface area contributed by atoms with Crippen LogP contribution in [-0.4, -0.2) is 40.1 Å². The first-order valence-electron chi connectivity index (χ1n) is 14.5. The SMILES string of the molecule is C=Cc1c2[nH]c(c1C)/C=C1\N/C(=C3\c4[nH]c(c(C)c4C(=O)[C@@H]3C(=O)OC)/C=c3\[nH]/c(c(C=O)c3CC)=C\2)[C@@H](CC)[C@@H]1C. The molecule has 0 radical (unpaired) electrons. The molecule has 5 heterocycles. The second kappa shape index (κ2) is 10.0. The highest BCUT2D eigenvalue weighted by atomic mass is 16.5. The molecule has 2 aliphatic heterocycles. The first kappa shape index (κ1) is 27.6. The summed E-state index contributed by atoms with van der Waals surface area (Å²) in [6, 6.07) is 0. The largest absolute Gasteiger partial charge is 0.468 e. The minimum Gasteiger partial charge on any atom is -0.468 e. The number of aldehydes is 1. The Kier molecular flexibility index (Phi) is 6.60. The maximum absolute atomic E-state index is 13.9. The van der Waals surface area contributed by atoms with Gasteiger partial charge < -0.3 is 25.0 Å². The third-order valence-electron chi connectivity index (χ3n) is 9.40. The summed E-state index contributed by atoms with van der Waals surface area (Å²) in [7, 11) is 1.32. The van der Waals surface area contributed by atoms with E-state index in [4.69, 9.17) is 4.74 Å². The second-order valence-electron chi connectivity index (χ2n) is 11.4. The van der Waals surface area contributed by atoms with Crippen LogP contribution in [0.4, 0.5) is 0 Å². The number of carbonyl (C=O) groups excluding carboxylic acids is 3. The van der Waals surface area contributed by atoms with Crippen molar-refractivity contribution in [2.75, 3.05) is 7.11 Å². The van der Waals surface area contributed by atoms with Crippen LogP contribution >= 0.6 is 0 Å². The fraction of sp³-hybridized carbons (Fsp3) is 0.324. The normalized spacial score (nSPS) is 25.1. The summed E-state index contributed by atoms with van der Waals surface area (Å²) in [4.78, 5) is 50.0. The van der Waals surface area contributed by atoms with Crippen molar-refractivity contribution in [1.29, 1.82) is 0 Å². The van der Waals surface area contributed by atoms with Gasteiger partial charge in [-0.15, -0.1) is 0 Å². The monoisotopic (exact) mass is 564 g/mol. The topological polar surface area (TPSA) is 120 Å². The zero-order valence-corrected chi connectivity index (χ0v) is 24.9. The summed E-state index contributed by atoms with van der Waals surface area (Å²) in [5.41, 5.74) is 10.4. The van der Waals surface area contributed by atoms with Gasteiger partial charge in [-0.25, -0.2) is 0 Å². The highest BCUT2D eigenvalue weighted by Crippen LogP contribution is 2.47. The average Bonchev–Trinajstić information content (AvgIpc) is 3.72. The zero-order chi connectivity index (χ0) is 30.0. The molecule has 0 amide bonds. The summed E-state index contributed by atoms with van der Waals surface area (Å²) < 4.78 is 5.16. The van der Waals surface area contributed by atoms with Gasteiger partial charge in [-0.1, -0.05) is 33.4 Å². The van der Waals surface area contributed by atoms with E-state index in [1.807, 2.05) is 39.0 Å². The number of methoxy groups -OCH3 is 1. The van der Waals surface area contributed by atoms with E-state index in [9.17, 15) is 14.4 Å². The highest BCUT2D eigenvalue weighted by Gasteiger charge is 2.48. The van der Waals surface area contributed by atoms with Crippen molar-refractivity contribution in [3.05, 3.63) is 84.8 Å². The van der Waals surface area contributed by atoms with Crippen molar-refractivity contribution in [1.82, 2.24) is 20.3 Å². The molecule has 3 aromatic heterocycles. The van der Waals surface area contributed by atoms with Gasteiger partial charge in [0.15, 0.2) is 12.1 Å². The number of Topliss-reactive ketones (excluding diaryl/α,β-unsaturated/α-hetero) is 1. The van der Waals surface area contributed by atoms with Gasteiger partial charge in [0.2, 0.25) is 0 Å². The standard InChI is InChI=1S/C34H36N4O4/c1-8-18-15(4)22-11-23-16(5)19(9-2)31(37-23)29-30(34(41)42-7)33(40)28-17(6)24(38-32(28)29)12-26-20(10-3)21(14-39)27(36-26)13-25(18)35-22/h8,11-14,16,19,30,35-38H,1,9-10H2,2-7H3/b23-11-,26-12-,27-13-,31-29-/t16-,19-,30+/m0/s1. The Morgan fingerprint density at radius 1 is 1.00 bits per heavy atom. The Morgan fingerprint density at radius 2 is 1.71 bits per heavy atom. The molecule has 3 aliphatic rings. The lowest BCUT2D eigenvalue weighted by molar-refractivity contribution is -0.141. The fourth-order valence-corrected chi connectivity index (χ4v) is 7.11. The van der Waals surface area contributed by atoms with Crippen LogP contribution in [0.3, 0.4) is 0 Å². The number of ether oxygens (including phenoxy) is 1. The molecule has 1 fully saturated rings. The minimum atomic E-state index is -1.04. The van der Waals surface area contributed by atoms with Gasteiger partial charge in [0.25, 0.3) is 0 Å². The third kappa shape index (κ3) is 3.77. The van der Waals surface area contributed by atoms with Gasteiger partial charge >= 0.3 is 5.97 Å². The van der Waals surface area contributed by atoms with Gasteiger partial charge in [0, 0.05) is 67.9 Å². The van der Waals surface area contributed by atoms with Gasteiger partial charge in [-0.05, 0) is 61.6 Å². The molecule has 0 spiro atoms. The number of H-pyrrole nitrogens is 3. The molecule has 216 valence electrons. The zero-order valence-electron chi connectivity index (χ0n) is 24.9. The number of nitrogens with one attached hydrogen (secondary N) is 4. The molecule has 8 nitrogen and oxygen atoms in total. The van der Waals surface area contributed by atoms with Crippen LogP contribution in [0.25, 0.3) is 29.9 Å². The lowest BCUT2D eigenvalue weighted by atomic mass is 9.86. The third-order valence-corrected chi connectivity index (χ3v) is 9.40. The van der Waals surface area contributed by atoms with Gasteiger partial charge in [0.1, 0.15) is 5.92 Å². The van der Waals surface area contributed by atoms with Crippen molar-refractivity contribution >= 4 is 47.9 Å². The Morgan fingerprint density at radius 3 is 2.36 bits per heavy atom. The smallest absolute Gasteiger partial charge is 0.321 e. The summed E-state index contributed by atoms with van der Waals surface area (Å²) in [5, 5.41) is 5.14. The number of esters is 1. The molecular weight excluding hydrogens is 528 g/mol. The number of allylic oxidation sites excluding steroid dienone is 2. The molecule has 3 aromatic rings. The molecule has 8 heteroatoms. The predicted octanol–water partition coefficient (Wildman–Crippen LogP) is 4.28. The maximum atomic E-state index is 13.9. The number of hydrogen-bond donors (Lipinski definition) is 4. The van der Waals surface area contributed by atoms with E-state index in [0.29, 0.717) is 34.2 Å². The molecule has 8 bridgehead atoms. The van der Waals surface area contributed by atoms with Crippen molar-refractivity contribution < 1.29 is 19.1 Å². The first-order chi connectivity index (χ1) is 20.2. The summed E-state index contributed by atoms with van der Waals surface area (Å²) >= 11 is 0. The minimum absolute atomic E-state index is 0.0661. The Balaban J connectivity index is 1.77. The van der Waals surface area contributed by atoms with Crippen molar-refractivity contribution in [2.45, 2.75) is 47.5 Å². The highest BCUT2D eigenvalue weighted by molar-refractivity contribution is 6.24. The second-order valence-corrected chi connectivity index (χ2v) is 11.4. The van der Waals surface area contributed by atoms with E-state index in [2.05, 4.69) is 46.8 Å². The molecule has 1 aliphatic carbocycles. The molecule has 0 aromatic carbocycles.